The minimum absolute atomic E-state index is 0.166. The minimum Gasteiger partial charge on any atom is -0.454 e. The van der Waals surface area contributed by atoms with E-state index in [1.54, 1.807) is 25.1 Å². The minimum atomic E-state index is -0.632. The second-order valence-electron chi connectivity index (χ2n) is 5.10. The first-order valence-corrected chi connectivity index (χ1v) is 6.84. The zero-order valence-corrected chi connectivity index (χ0v) is 12.5. The average molecular weight is 318 g/mol. The molecule has 0 bridgehead atoms. The highest BCUT2D eigenvalue weighted by atomic mass is 16.7. The molecule has 120 valence electrons. The number of hydrogen-bond acceptors (Lipinski definition) is 6. The van der Waals surface area contributed by atoms with E-state index < -0.39 is 10.8 Å². The normalized spacial score (nSPS) is 13.7. The smallest absolute Gasteiger partial charge is 0.320 e. The topological polar surface area (TPSA) is 109 Å². The van der Waals surface area contributed by atoms with Gasteiger partial charge in [-0.1, -0.05) is 6.07 Å². The highest BCUT2D eigenvalue weighted by Crippen LogP contribution is 2.34. The number of nitro groups is 1. The highest BCUT2D eigenvalue weighted by molar-refractivity contribution is 5.96. The second-order valence-corrected chi connectivity index (χ2v) is 5.10. The number of carbonyl (C=O) groups is 1. The van der Waals surface area contributed by atoms with Gasteiger partial charge >= 0.3 is 5.69 Å². The number of rotatable bonds is 4. The number of nitrogens with zero attached hydrogens (tertiary/aromatic N) is 3. The van der Waals surface area contributed by atoms with Gasteiger partial charge in [0, 0.05) is 7.05 Å². The van der Waals surface area contributed by atoms with Gasteiger partial charge in [0.25, 0.3) is 5.91 Å². The molecule has 1 N–H and O–H groups in total. The molecule has 0 fully saturated rings. The molecule has 23 heavy (non-hydrogen) atoms. The molecule has 1 aromatic heterocycles. The summed E-state index contributed by atoms with van der Waals surface area (Å²) >= 11 is 0. The Morgan fingerprint density at radius 1 is 1.43 bits per heavy atom. The third kappa shape index (κ3) is 2.80. The lowest BCUT2D eigenvalue weighted by Crippen LogP contribution is -2.27. The van der Waals surface area contributed by atoms with E-state index in [-0.39, 0.29) is 24.2 Å². The molecule has 1 amide bonds. The molecular formula is C14H14N4O5. The van der Waals surface area contributed by atoms with Crippen LogP contribution >= 0.6 is 0 Å². The summed E-state index contributed by atoms with van der Waals surface area (Å²) in [5, 5.41) is 17.5. The highest BCUT2D eigenvalue weighted by Gasteiger charge is 2.26. The SMILES string of the molecule is CC(NC(=O)c1nn(C)cc1[N+](=O)[O-])c1ccc2c(c1)OCO2. The maximum atomic E-state index is 12.3. The number of amides is 1. The molecule has 1 atom stereocenters. The van der Waals surface area contributed by atoms with Crippen LogP contribution in [0.1, 0.15) is 29.0 Å². The van der Waals surface area contributed by atoms with Gasteiger partial charge in [0.05, 0.1) is 11.0 Å². The van der Waals surface area contributed by atoms with Crippen molar-refractivity contribution >= 4 is 11.6 Å². The van der Waals surface area contributed by atoms with Crippen molar-refractivity contribution in [2.45, 2.75) is 13.0 Å². The lowest BCUT2D eigenvalue weighted by Gasteiger charge is -2.13. The Morgan fingerprint density at radius 3 is 2.91 bits per heavy atom. The maximum absolute atomic E-state index is 12.3. The Morgan fingerprint density at radius 2 is 2.17 bits per heavy atom. The van der Waals surface area contributed by atoms with Gasteiger partial charge in [-0.2, -0.15) is 5.10 Å². The van der Waals surface area contributed by atoms with Crippen molar-refractivity contribution in [3.63, 3.8) is 0 Å². The molecule has 9 nitrogen and oxygen atoms in total. The molecule has 0 spiro atoms. The van der Waals surface area contributed by atoms with Crippen LogP contribution in [0, 0.1) is 10.1 Å². The Hall–Kier alpha value is -3.10. The van der Waals surface area contributed by atoms with Crippen molar-refractivity contribution in [2.24, 2.45) is 7.05 Å². The van der Waals surface area contributed by atoms with Crippen molar-refractivity contribution in [2.75, 3.05) is 6.79 Å². The number of fused-ring (bicyclic) bond motifs is 1. The van der Waals surface area contributed by atoms with Crippen molar-refractivity contribution in [3.8, 4) is 11.5 Å². The largest absolute Gasteiger partial charge is 0.454 e. The van der Waals surface area contributed by atoms with Gasteiger partial charge in [-0.15, -0.1) is 0 Å². The maximum Gasteiger partial charge on any atom is 0.320 e. The molecule has 0 radical (unpaired) electrons. The Labute approximate surface area is 131 Å². The summed E-state index contributed by atoms with van der Waals surface area (Å²) < 4.78 is 11.8. The quantitative estimate of drug-likeness (QED) is 0.676. The Kier molecular flexibility index (Phi) is 3.61. The van der Waals surface area contributed by atoms with Crippen molar-refractivity contribution < 1.29 is 19.2 Å². The standard InChI is InChI=1S/C14H14N4O5/c1-8(9-3-4-11-12(5-9)23-7-22-11)15-14(19)13-10(18(20)21)6-17(2)16-13/h3-6,8H,7H2,1-2H3,(H,15,19). The van der Waals surface area contributed by atoms with Crippen LogP contribution in [0.25, 0.3) is 0 Å². The van der Waals surface area contributed by atoms with Crippen molar-refractivity contribution in [3.05, 3.63) is 45.8 Å². The Bertz CT molecular complexity index is 785. The van der Waals surface area contributed by atoms with Gasteiger partial charge in [0.1, 0.15) is 6.20 Å². The first-order valence-electron chi connectivity index (χ1n) is 6.84. The molecule has 1 aromatic carbocycles. The number of nitrogens with one attached hydrogen (secondary N) is 1. The summed E-state index contributed by atoms with van der Waals surface area (Å²) in [5.74, 6) is 0.641. The van der Waals surface area contributed by atoms with Gasteiger partial charge in [0.15, 0.2) is 11.5 Å². The molecular weight excluding hydrogens is 304 g/mol. The lowest BCUT2D eigenvalue weighted by atomic mass is 10.1. The van der Waals surface area contributed by atoms with Gasteiger partial charge in [-0.05, 0) is 24.6 Å². The fourth-order valence-corrected chi connectivity index (χ4v) is 2.30. The van der Waals surface area contributed by atoms with E-state index in [1.807, 2.05) is 0 Å². The molecule has 3 rings (SSSR count). The molecule has 2 heterocycles. The van der Waals surface area contributed by atoms with E-state index in [0.717, 1.165) is 5.56 Å². The summed E-state index contributed by atoms with van der Waals surface area (Å²) in [6, 6.07) is 4.94. The Balaban J connectivity index is 1.79. The summed E-state index contributed by atoms with van der Waals surface area (Å²) in [7, 11) is 1.52. The zero-order chi connectivity index (χ0) is 16.6. The fourth-order valence-electron chi connectivity index (χ4n) is 2.30. The molecule has 2 aromatic rings. The lowest BCUT2D eigenvalue weighted by molar-refractivity contribution is -0.385. The second kappa shape index (κ2) is 5.59. The van der Waals surface area contributed by atoms with E-state index >= 15 is 0 Å². The number of ether oxygens (including phenoxy) is 2. The van der Waals surface area contributed by atoms with Crippen molar-refractivity contribution in [1.82, 2.24) is 15.1 Å². The first kappa shape index (κ1) is 14.8. The molecule has 1 aliphatic heterocycles. The van der Waals surface area contributed by atoms with Gasteiger partial charge in [-0.3, -0.25) is 19.6 Å². The van der Waals surface area contributed by atoms with E-state index in [1.165, 1.54) is 17.9 Å². The predicted molar refractivity (Wildman–Crippen MR) is 78.3 cm³/mol. The summed E-state index contributed by atoms with van der Waals surface area (Å²) in [6.07, 6.45) is 1.19. The molecule has 9 heteroatoms. The van der Waals surface area contributed by atoms with Crippen LogP contribution in [0.3, 0.4) is 0 Å². The monoisotopic (exact) mass is 318 g/mol. The molecule has 0 saturated carbocycles. The summed E-state index contributed by atoms with van der Waals surface area (Å²) in [5.41, 5.74) is 0.245. The molecule has 0 saturated heterocycles. The van der Waals surface area contributed by atoms with Crippen molar-refractivity contribution in [1.29, 1.82) is 0 Å². The van der Waals surface area contributed by atoms with E-state index in [2.05, 4.69) is 10.4 Å². The summed E-state index contributed by atoms with van der Waals surface area (Å²) in [6.45, 7) is 1.93. The number of aromatic nitrogens is 2. The molecule has 1 unspecified atom stereocenters. The van der Waals surface area contributed by atoms with Gasteiger partial charge in [-0.25, -0.2) is 0 Å². The third-order valence-corrected chi connectivity index (χ3v) is 3.47. The van der Waals surface area contributed by atoms with E-state index in [4.69, 9.17) is 9.47 Å². The zero-order valence-electron chi connectivity index (χ0n) is 12.5. The number of hydrogen-bond donors (Lipinski definition) is 1. The fraction of sp³-hybridized carbons (Fsp3) is 0.286. The third-order valence-electron chi connectivity index (χ3n) is 3.47. The van der Waals surface area contributed by atoms with Crippen LogP contribution in [0.2, 0.25) is 0 Å². The number of carbonyl (C=O) groups excluding carboxylic acids is 1. The van der Waals surface area contributed by atoms with Gasteiger partial charge in [0.2, 0.25) is 12.5 Å². The van der Waals surface area contributed by atoms with Crippen LogP contribution in [-0.4, -0.2) is 27.4 Å². The van der Waals surface area contributed by atoms with E-state index in [9.17, 15) is 14.9 Å². The van der Waals surface area contributed by atoms with Crippen LogP contribution in [0.5, 0.6) is 11.5 Å². The predicted octanol–water partition coefficient (Wildman–Crippen LogP) is 1.55. The van der Waals surface area contributed by atoms with Crippen LogP contribution in [0.15, 0.2) is 24.4 Å². The first-order chi connectivity index (χ1) is 11.0. The van der Waals surface area contributed by atoms with Crippen LogP contribution in [-0.2, 0) is 7.05 Å². The molecule has 0 aliphatic carbocycles. The number of benzene rings is 1. The van der Waals surface area contributed by atoms with Crippen LogP contribution in [0.4, 0.5) is 5.69 Å². The van der Waals surface area contributed by atoms with E-state index in [0.29, 0.717) is 11.5 Å². The van der Waals surface area contributed by atoms with Crippen LogP contribution < -0.4 is 14.8 Å². The summed E-state index contributed by atoms with van der Waals surface area (Å²) in [4.78, 5) is 22.6. The number of aryl methyl sites for hydroxylation is 1. The average Bonchev–Trinajstić information content (AvgIpc) is 3.12. The van der Waals surface area contributed by atoms with Gasteiger partial charge < -0.3 is 14.8 Å². The molecule has 1 aliphatic rings.